The van der Waals surface area contributed by atoms with Crippen molar-refractivity contribution in [2.75, 3.05) is 12.4 Å². The average Bonchev–Trinajstić information content (AvgIpc) is 2.67. The molecule has 0 aromatic heterocycles. The second-order valence-corrected chi connectivity index (χ2v) is 4.10. The van der Waals surface area contributed by atoms with E-state index in [4.69, 9.17) is 27.9 Å². The number of hydrogen-bond acceptors (Lipinski definition) is 1. The van der Waals surface area contributed by atoms with Crippen LogP contribution in [0.1, 0.15) is 11.8 Å². The van der Waals surface area contributed by atoms with E-state index in [0.29, 0.717) is 5.88 Å². The Kier molecular flexibility index (Phi) is 3.29. The van der Waals surface area contributed by atoms with Gasteiger partial charge < -0.3 is 10.1 Å². The summed E-state index contributed by atoms with van der Waals surface area (Å²) in [7, 11) is 0. The molecule has 76 valence electrons. The molecule has 2 nitrogen and oxygen atoms in total. The van der Waals surface area contributed by atoms with E-state index in [-0.39, 0.29) is 12.3 Å². The van der Waals surface area contributed by atoms with Crippen LogP contribution in [0.2, 0.25) is 5.02 Å². The number of benzene rings is 1. The Morgan fingerprint density at radius 2 is 2.07 bits per heavy atom. The molecule has 2 atom stereocenters. The van der Waals surface area contributed by atoms with Gasteiger partial charge in [-0.05, 0) is 24.3 Å². The van der Waals surface area contributed by atoms with Gasteiger partial charge in [0.2, 0.25) is 6.23 Å². The van der Waals surface area contributed by atoms with Crippen molar-refractivity contribution in [3.8, 4) is 0 Å². The van der Waals surface area contributed by atoms with Crippen LogP contribution in [0, 0.1) is 0 Å². The number of nitrogens with two attached hydrogens (primary N) is 1. The van der Waals surface area contributed by atoms with Crippen LogP contribution >= 0.6 is 23.2 Å². The first kappa shape index (κ1) is 10.2. The van der Waals surface area contributed by atoms with Gasteiger partial charge in [0.05, 0.1) is 5.88 Å². The molecular weight excluding hydrogens is 221 g/mol. The van der Waals surface area contributed by atoms with Gasteiger partial charge in [0.15, 0.2) is 0 Å². The minimum absolute atomic E-state index is 0.0796. The lowest BCUT2D eigenvalue weighted by Crippen LogP contribution is -2.82. The maximum absolute atomic E-state index is 5.80. The van der Waals surface area contributed by atoms with E-state index in [2.05, 4.69) is 5.32 Å². The number of alkyl halides is 1. The van der Waals surface area contributed by atoms with E-state index >= 15 is 0 Å². The lowest BCUT2D eigenvalue weighted by atomic mass is 10.2. The van der Waals surface area contributed by atoms with Crippen LogP contribution in [0.4, 0.5) is 0 Å². The fourth-order valence-corrected chi connectivity index (χ4v) is 1.89. The topological polar surface area (TPSA) is 25.8 Å². The predicted molar refractivity (Wildman–Crippen MR) is 56.6 cm³/mol. The van der Waals surface area contributed by atoms with Crippen molar-refractivity contribution in [2.45, 2.75) is 12.3 Å². The van der Waals surface area contributed by atoms with Crippen LogP contribution < -0.4 is 5.32 Å². The Balaban J connectivity index is 2.06. The van der Waals surface area contributed by atoms with Crippen molar-refractivity contribution >= 4 is 23.2 Å². The van der Waals surface area contributed by atoms with Crippen molar-refractivity contribution in [3.63, 3.8) is 0 Å². The van der Waals surface area contributed by atoms with E-state index in [1.807, 2.05) is 24.3 Å². The van der Waals surface area contributed by atoms with E-state index in [1.165, 1.54) is 0 Å². The molecule has 1 fully saturated rings. The maximum atomic E-state index is 5.80. The third kappa shape index (κ3) is 2.20. The summed E-state index contributed by atoms with van der Waals surface area (Å²) in [5.41, 5.74) is 1.14. The van der Waals surface area contributed by atoms with Gasteiger partial charge in [-0.1, -0.05) is 11.6 Å². The Morgan fingerprint density at radius 3 is 2.64 bits per heavy atom. The molecule has 1 aliphatic rings. The minimum Gasteiger partial charge on any atom is -0.315 e. The minimum atomic E-state index is 0.0796. The number of rotatable bonds is 2. The summed E-state index contributed by atoms with van der Waals surface area (Å²) in [6.07, 6.45) is 0.244. The van der Waals surface area contributed by atoms with Gasteiger partial charge in [0.1, 0.15) is 12.6 Å². The quantitative estimate of drug-likeness (QED) is 0.770. The van der Waals surface area contributed by atoms with Gasteiger partial charge >= 0.3 is 0 Å². The Hall–Kier alpha value is -0.280. The number of ether oxygens (including phenoxy) is 1. The zero-order valence-electron chi connectivity index (χ0n) is 7.62. The fourth-order valence-electron chi connectivity index (χ4n) is 1.56. The molecule has 0 unspecified atom stereocenters. The molecule has 2 rings (SSSR count). The largest absolute Gasteiger partial charge is 0.315 e. The van der Waals surface area contributed by atoms with Crippen LogP contribution in [0.25, 0.3) is 0 Å². The SMILES string of the molecule is ClC[C@H]1C[NH2+][C@@H](c2ccc(Cl)cc2)O1. The van der Waals surface area contributed by atoms with Crippen LogP contribution in [-0.2, 0) is 4.74 Å². The molecule has 4 heteroatoms. The van der Waals surface area contributed by atoms with Gasteiger partial charge in [0, 0.05) is 10.6 Å². The van der Waals surface area contributed by atoms with Crippen molar-refractivity contribution in [2.24, 2.45) is 0 Å². The lowest BCUT2D eigenvalue weighted by molar-refractivity contribution is -0.697. The summed E-state index contributed by atoms with van der Waals surface area (Å²) >= 11 is 11.5. The molecule has 1 aliphatic heterocycles. The molecule has 1 heterocycles. The van der Waals surface area contributed by atoms with Crippen molar-refractivity contribution in [1.29, 1.82) is 0 Å². The van der Waals surface area contributed by atoms with E-state index < -0.39 is 0 Å². The first-order valence-electron chi connectivity index (χ1n) is 4.60. The van der Waals surface area contributed by atoms with Crippen LogP contribution in [0.5, 0.6) is 0 Å². The number of quaternary nitrogens is 1. The second kappa shape index (κ2) is 4.49. The van der Waals surface area contributed by atoms with Crippen molar-refractivity contribution < 1.29 is 10.1 Å². The average molecular weight is 233 g/mol. The van der Waals surface area contributed by atoms with Gasteiger partial charge in [-0.25, -0.2) is 0 Å². The van der Waals surface area contributed by atoms with Crippen LogP contribution in [0.3, 0.4) is 0 Å². The van der Waals surface area contributed by atoms with Gasteiger partial charge in [-0.3, -0.25) is 0 Å². The zero-order valence-corrected chi connectivity index (χ0v) is 9.13. The van der Waals surface area contributed by atoms with Crippen molar-refractivity contribution in [1.82, 2.24) is 0 Å². The Morgan fingerprint density at radius 1 is 1.36 bits per heavy atom. The molecule has 0 spiro atoms. The maximum Gasteiger partial charge on any atom is 0.217 e. The summed E-state index contributed by atoms with van der Waals surface area (Å²) in [6.45, 7) is 0.927. The molecule has 0 radical (unpaired) electrons. The molecule has 1 aromatic rings. The van der Waals surface area contributed by atoms with Gasteiger partial charge in [-0.15, -0.1) is 11.6 Å². The second-order valence-electron chi connectivity index (χ2n) is 3.36. The lowest BCUT2D eigenvalue weighted by Gasteiger charge is -2.07. The molecule has 0 bridgehead atoms. The molecule has 14 heavy (non-hydrogen) atoms. The third-order valence-electron chi connectivity index (χ3n) is 2.32. The molecule has 1 saturated heterocycles. The molecule has 0 aliphatic carbocycles. The molecule has 1 aromatic carbocycles. The van der Waals surface area contributed by atoms with Gasteiger partial charge in [-0.2, -0.15) is 0 Å². The number of halogens is 2. The summed E-state index contributed by atoms with van der Waals surface area (Å²) in [4.78, 5) is 0. The highest BCUT2D eigenvalue weighted by Gasteiger charge is 2.28. The molecule has 2 N–H and O–H groups in total. The standard InChI is InChI=1S/C10H11Cl2NO/c11-5-9-6-13-10(14-9)7-1-3-8(12)4-2-7/h1-4,9-10,13H,5-6H2/p+1/t9-,10+/m0/s1. The monoisotopic (exact) mass is 232 g/mol. The Bertz CT molecular complexity index is 301. The fraction of sp³-hybridized carbons (Fsp3) is 0.400. The third-order valence-corrected chi connectivity index (χ3v) is 2.92. The summed E-state index contributed by atoms with van der Waals surface area (Å²) in [5, 5.41) is 2.90. The van der Waals surface area contributed by atoms with E-state index in [1.54, 1.807) is 0 Å². The zero-order chi connectivity index (χ0) is 9.97. The first-order chi connectivity index (χ1) is 6.79. The van der Waals surface area contributed by atoms with Crippen molar-refractivity contribution in [3.05, 3.63) is 34.9 Å². The summed E-state index contributed by atoms with van der Waals surface area (Å²) in [6, 6.07) is 7.73. The smallest absolute Gasteiger partial charge is 0.217 e. The number of hydrogen-bond donors (Lipinski definition) is 1. The first-order valence-corrected chi connectivity index (χ1v) is 5.51. The highest BCUT2D eigenvalue weighted by Crippen LogP contribution is 2.18. The molecular formula is C10H12Cl2NO+. The highest BCUT2D eigenvalue weighted by molar-refractivity contribution is 6.30. The van der Waals surface area contributed by atoms with Crippen LogP contribution in [-0.4, -0.2) is 18.5 Å². The Labute approximate surface area is 93.2 Å². The predicted octanol–water partition coefficient (Wildman–Crippen LogP) is 1.54. The van der Waals surface area contributed by atoms with E-state index in [0.717, 1.165) is 17.1 Å². The normalized spacial score (nSPS) is 26.7. The summed E-state index contributed by atoms with van der Waals surface area (Å²) in [5.74, 6) is 0.556. The molecule has 0 amide bonds. The summed E-state index contributed by atoms with van der Waals surface area (Å²) < 4.78 is 5.71. The highest BCUT2D eigenvalue weighted by atomic mass is 35.5. The van der Waals surface area contributed by atoms with Gasteiger partial charge in [0.25, 0.3) is 0 Å². The molecule has 0 saturated carbocycles. The van der Waals surface area contributed by atoms with E-state index in [9.17, 15) is 0 Å². The van der Waals surface area contributed by atoms with Crippen LogP contribution in [0.15, 0.2) is 24.3 Å².